The van der Waals surface area contributed by atoms with Gasteiger partial charge in [0.1, 0.15) is 11.1 Å². The van der Waals surface area contributed by atoms with Gasteiger partial charge in [-0.3, -0.25) is 9.69 Å². The number of hydrogen-bond acceptors (Lipinski definition) is 6. The van der Waals surface area contributed by atoms with Gasteiger partial charge < -0.3 is 14.8 Å². The number of carbonyl (C=O) groups is 1. The van der Waals surface area contributed by atoms with Gasteiger partial charge in [-0.25, -0.2) is 0 Å². The van der Waals surface area contributed by atoms with Crippen LogP contribution in [0.4, 0.5) is 5.00 Å². The lowest BCUT2D eigenvalue weighted by molar-refractivity contribution is -0.119. The zero-order valence-electron chi connectivity index (χ0n) is 12.3. The van der Waals surface area contributed by atoms with Crippen LogP contribution in [0.3, 0.4) is 0 Å². The molecule has 1 aromatic heterocycles. The van der Waals surface area contributed by atoms with Gasteiger partial charge in [0.25, 0.3) is 0 Å². The van der Waals surface area contributed by atoms with Crippen molar-refractivity contribution in [2.24, 2.45) is 5.92 Å². The Bertz CT molecular complexity index is 555. The zero-order valence-corrected chi connectivity index (χ0v) is 13.1. The third-order valence-electron chi connectivity index (χ3n) is 4.07. The Morgan fingerprint density at radius 3 is 2.82 bits per heavy atom. The highest BCUT2D eigenvalue weighted by Crippen LogP contribution is 2.26. The second-order valence-electron chi connectivity index (χ2n) is 5.55. The number of rotatable bonds is 4. The Morgan fingerprint density at radius 1 is 1.41 bits per heavy atom. The fourth-order valence-corrected chi connectivity index (χ4v) is 3.65. The first kappa shape index (κ1) is 15.4. The number of ether oxygens (including phenoxy) is 2. The van der Waals surface area contributed by atoms with Crippen LogP contribution in [0.25, 0.3) is 0 Å². The van der Waals surface area contributed by atoms with E-state index in [0.29, 0.717) is 36.2 Å². The number of piperidine rings is 1. The van der Waals surface area contributed by atoms with Crippen molar-refractivity contribution in [2.75, 3.05) is 38.2 Å². The Morgan fingerprint density at radius 2 is 2.14 bits per heavy atom. The highest BCUT2D eigenvalue weighted by molar-refractivity contribution is 7.14. The van der Waals surface area contributed by atoms with E-state index in [1.807, 2.05) is 0 Å². The summed E-state index contributed by atoms with van der Waals surface area (Å²) < 4.78 is 11.1. The molecule has 0 spiro atoms. The second-order valence-corrected chi connectivity index (χ2v) is 6.46. The third kappa shape index (κ3) is 3.65. The van der Waals surface area contributed by atoms with Crippen LogP contribution in [0, 0.1) is 17.2 Å². The first-order valence-electron chi connectivity index (χ1n) is 7.49. The predicted octanol–water partition coefficient (Wildman–Crippen LogP) is 1.64. The van der Waals surface area contributed by atoms with Crippen molar-refractivity contribution in [3.8, 4) is 6.07 Å². The SMILES string of the molecule is N#Cc1ccsc1NC(=O)CN1CCC(C2OCCO2)CC1. The molecule has 2 saturated heterocycles. The van der Waals surface area contributed by atoms with E-state index in [4.69, 9.17) is 14.7 Å². The average Bonchev–Trinajstić information content (AvgIpc) is 3.19. The van der Waals surface area contributed by atoms with Crippen molar-refractivity contribution >= 4 is 22.2 Å². The molecule has 1 aromatic rings. The van der Waals surface area contributed by atoms with Crippen LogP contribution in [-0.4, -0.2) is 49.9 Å². The standard InChI is InChI=1S/C15H19N3O3S/c16-9-12-3-8-22-14(12)17-13(19)10-18-4-1-11(2-5-18)15-20-6-7-21-15/h3,8,11,15H,1-2,4-7,10H2,(H,17,19). The quantitative estimate of drug-likeness (QED) is 0.912. The maximum absolute atomic E-state index is 12.1. The topological polar surface area (TPSA) is 74.6 Å². The number of amides is 1. The van der Waals surface area contributed by atoms with E-state index in [-0.39, 0.29) is 12.2 Å². The largest absolute Gasteiger partial charge is 0.350 e. The van der Waals surface area contributed by atoms with E-state index < -0.39 is 0 Å². The number of likely N-dealkylation sites (tertiary alicyclic amines) is 1. The molecule has 0 unspecified atom stereocenters. The van der Waals surface area contributed by atoms with Crippen molar-refractivity contribution in [1.82, 2.24) is 4.90 Å². The molecule has 7 heteroatoms. The summed E-state index contributed by atoms with van der Waals surface area (Å²) in [5, 5.41) is 14.2. The molecule has 1 N–H and O–H groups in total. The van der Waals surface area contributed by atoms with E-state index in [1.165, 1.54) is 11.3 Å². The number of nitrogens with zero attached hydrogens (tertiary/aromatic N) is 2. The number of nitriles is 1. The molecule has 3 rings (SSSR count). The predicted molar refractivity (Wildman–Crippen MR) is 82.5 cm³/mol. The molecule has 6 nitrogen and oxygen atoms in total. The van der Waals surface area contributed by atoms with Gasteiger partial charge in [-0.1, -0.05) is 0 Å². The van der Waals surface area contributed by atoms with Crippen LogP contribution >= 0.6 is 11.3 Å². The van der Waals surface area contributed by atoms with Crippen LogP contribution in [0.15, 0.2) is 11.4 Å². The first-order valence-corrected chi connectivity index (χ1v) is 8.37. The summed E-state index contributed by atoms with van der Waals surface area (Å²) in [6.07, 6.45) is 1.92. The maximum atomic E-state index is 12.1. The number of hydrogen-bond donors (Lipinski definition) is 1. The van der Waals surface area contributed by atoms with Gasteiger partial charge in [-0.2, -0.15) is 5.26 Å². The number of carbonyl (C=O) groups excluding carboxylic acids is 1. The van der Waals surface area contributed by atoms with Crippen LogP contribution in [0.2, 0.25) is 0 Å². The Balaban J connectivity index is 1.44. The monoisotopic (exact) mass is 321 g/mol. The van der Waals surface area contributed by atoms with Gasteiger partial charge in [-0.05, 0) is 37.4 Å². The average molecular weight is 321 g/mol. The molecule has 2 aliphatic rings. The summed E-state index contributed by atoms with van der Waals surface area (Å²) >= 11 is 1.38. The molecule has 2 fully saturated rings. The van der Waals surface area contributed by atoms with Crippen molar-refractivity contribution in [3.63, 3.8) is 0 Å². The summed E-state index contributed by atoms with van der Waals surface area (Å²) in [4.78, 5) is 14.2. The molecular weight excluding hydrogens is 302 g/mol. The van der Waals surface area contributed by atoms with E-state index in [0.717, 1.165) is 25.9 Å². The van der Waals surface area contributed by atoms with Gasteiger partial charge >= 0.3 is 0 Å². The van der Waals surface area contributed by atoms with Crippen LogP contribution in [0.1, 0.15) is 18.4 Å². The minimum atomic E-state index is -0.0641. The van der Waals surface area contributed by atoms with Gasteiger partial charge in [0, 0.05) is 5.92 Å². The van der Waals surface area contributed by atoms with Gasteiger partial charge in [-0.15, -0.1) is 11.3 Å². The highest BCUT2D eigenvalue weighted by atomic mass is 32.1. The summed E-state index contributed by atoms with van der Waals surface area (Å²) in [6, 6.07) is 3.79. The smallest absolute Gasteiger partial charge is 0.239 e. The lowest BCUT2D eigenvalue weighted by Crippen LogP contribution is -2.41. The number of thiophene rings is 1. The molecule has 0 saturated carbocycles. The van der Waals surface area contributed by atoms with Crippen molar-refractivity contribution in [3.05, 3.63) is 17.0 Å². The molecule has 0 aromatic carbocycles. The van der Waals surface area contributed by atoms with Crippen molar-refractivity contribution < 1.29 is 14.3 Å². The molecule has 118 valence electrons. The Kier molecular flexibility index (Phi) is 5.05. The van der Waals surface area contributed by atoms with E-state index >= 15 is 0 Å². The minimum Gasteiger partial charge on any atom is -0.350 e. The minimum absolute atomic E-state index is 0.0553. The Labute approximate surface area is 133 Å². The summed E-state index contributed by atoms with van der Waals surface area (Å²) in [7, 11) is 0. The third-order valence-corrected chi connectivity index (χ3v) is 4.90. The highest BCUT2D eigenvalue weighted by Gasteiger charge is 2.30. The lowest BCUT2D eigenvalue weighted by atomic mass is 9.96. The fourth-order valence-electron chi connectivity index (χ4n) is 2.90. The lowest BCUT2D eigenvalue weighted by Gasteiger charge is -2.33. The molecule has 0 atom stereocenters. The summed E-state index contributed by atoms with van der Waals surface area (Å²) in [6.45, 7) is 3.49. The molecule has 2 aliphatic heterocycles. The van der Waals surface area contributed by atoms with E-state index in [1.54, 1.807) is 11.4 Å². The van der Waals surface area contributed by atoms with Gasteiger partial charge in [0.2, 0.25) is 5.91 Å². The maximum Gasteiger partial charge on any atom is 0.239 e. The van der Waals surface area contributed by atoms with Crippen molar-refractivity contribution in [1.29, 1.82) is 5.26 Å². The normalized spacial score (nSPS) is 20.9. The van der Waals surface area contributed by atoms with Gasteiger partial charge in [0.15, 0.2) is 6.29 Å². The fraction of sp³-hybridized carbons (Fsp3) is 0.600. The van der Waals surface area contributed by atoms with Crippen molar-refractivity contribution in [2.45, 2.75) is 19.1 Å². The number of nitrogens with one attached hydrogen (secondary N) is 1. The van der Waals surface area contributed by atoms with Crippen LogP contribution in [-0.2, 0) is 14.3 Å². The zero-order chi connectivity index (χ0) is 15.4. The summed E-state index contributed by atoms with van der Waals surface area (Å²) in [5.41, 5.74) is 0.521. The molecule has 0 bridgehead atoms. The molecule has 0 radical (unpaired) electrons. The van der Waals surface area contributed by atoms with Crippen LogP contribution in [0.5, 0.6) is 0 Å². The molecule has 1 amide bonds. The molecule has 22 heavy (non-hydrogen) atoms. The van der Waals surface area contributed by atoms with E-state index in [9.17, 15) is 4.79 Å². The molecule has 3 heterocycles. The molecular formula is C15H19N3O3S. The Hall–Kier alpha value is -1.46. The molecule has 0 aliphatic carbocycles. The van der Waals surface area contributed by atoms with E-state index in [2.05, 4.69) is 16.3 Å². The summed E-state index contributed by atoms with van der Waals surface area (Å²) in [5.74, 6) is 0.370. The second kappa shape index (κ2) is 7.20. The number of anilines is 1. The van der Waals surface area contributed by atoms with Crippen LogP contribution < -0.4 is 5.32 Å². The van der Waals surface area contributed by atoms with Gasteiger partial charge in [0.05, 0.1) is 25.3 Å². The first-order chi connectivity index (χ1) is 10.8.